The number of carbonyl (C=O) groups is 1. The van der Waals surface area contributed by atoms with Gasteiger partial charge >= 0.3 is 0 Å². The van der Waals surface area contributed by atoms with Crippen molar-refractivity contribution < 1.29 is 9.72 Å². The van der Waals surface area contributed by atoms with E-state index in [9.17, 15) is 14.9 Å². The largest absolute Gasteiger partial charge is 0.348 e. The van der Waals surface area contributed by atoms with Gasteiger partial charge < -0.3 is 10.6 Å². The van der Waals surface area contributed by atoms with Crippen LogP contribution in [0.25, 0.3) is 0 Å². The maximum Gasteiger partial charge on any atom is 0.273 e. The topological polar surface area (TPSA) is 84.3 Å². The van der Waals surface area contributed by atoms with Gasteiger partial charge in [-0.1, -0.05) is 6.07 Å². The monoisotopic (exact) mass is 277 g/mol. The number of hydrogen-bond acceptors (Lipinski definition) is 4. The SMILES string of the molecule is Cc1c(C(=O)NC2CCCNC2C)cccc1[N+](=O)[O-]. The average Bonchev–Trinajstić information content (AvgIpc) is 2.41. The van der Waals surface area contributed by atoms with Crippen LogP contribution in [0.1, 0.15) is 35.7 Å². The van der Waals surface area contributed by atoms with E-state index in [0.717, 1.165) is 19.4 Å². The molecule has 0 aliphatic carbocycles. The maximum atomic E-state index is 12.3. The number of piperidine rings is 1. The highest BCUT2D eigenvalue weighted by Crippen LogP contribution is 2.21. The molecule has 0 bridgehead atoms. The van der Waals surface area contributed by atoms with Crippen LogP contribution in [-0.4, -0.2) is 29.5 Å². The lowest BCUT2D eigenvalue weighted by Gasteiger charge is -2.30. The molecule has 0 saturated carbocycles. The van der Waals surface area contributed by atoms with E-state index < -0.39 is 4.92 Å². The molecule has 108 valence electrons. The van der Waals surface area contributed by atoms with Gasteiger partial charge in [-0.05, 0) is 39.3 Å². The van der Waals surface area contributed by atoms with E-state index in [-0.39, 0.29) is 23.7 Å². The summed E-state index contributed by atoms with van der Waals surface area (Å²) in [5.41, 5.74) is 0.760. The van der Waals surface area contributed by atoms with Crippen LogP contribution < -0.4 is 10.6 Å². The van der Waals surface area contributed by atoms with Crippen LogP contribution >= 0.6 is 0 Å². The first-order valence-electron chi connectivity index (χ1n) is 6.79. The van der Waals surface area contributed by atoms with E-state index in [1.165, 1.54) is 6.07 Å². The van der Waals surface area contributed by atoms with Crippen LogP contribution in [0.3, 0.4) is 0 Å². The maximum absolute atomic E-state index is 12.3. The fourth-order valence-electron chi connectivity index (χ4n) is 2.55. The van der Waals surface area contributed by atoms with E-state index in [0.29, 0.717) is 11.1 Å². The van der Waals surface area contributed by atoms with Gasteiger partial charge in [-0.25, -0.2) is 0 Å². The molecule has 2 rings (SSSR count). The van der Waals surface area contributed by atoms with Crippen molar-refractivity contribution in [2.45, 2.75) is 38.8 Å². The molecule has 1 aliphatic rings. The Labute approximate surface area is 117 Å². The predicted molar refractivity (Wildman–Crippen MR) is 75.8 cm³/mol. The Morgan fingerprint density at radius 2 is 2.25 bits per heavy atom. The quantitative estimate of drug-likeness (QED) is 0.651. The van der Waals surface area contributed by atoms with E-state index >= 15 is 0 Å². The third kappa shape index (κ3) is 2.96. The number of nitro benzene ring substituents is 1. The van der Waals surface area contributed by atoms with Crippen molar-refractivity contribution in [2.24, 2.45) is 0 Å². The highest BCUT2D eigenvalue weighted by atomic mass is 16.6. The van der Waals surface area contributed by atoms with Crippen molar-refractivity contribution in [3.63, 3.8) is 0 Å². The molecule has 2 unspecified atom stereocenters. The molecule has 1 fully saturated rings. The molecule has 1 amide bonds. The molecule has 1 aromatic carbocycles. The Kier molecular flexibility index (Phi) is 4.34. The number of amides is 1. The number of nitro groups is 1. The zero-order valence-electron chi connectivity index (χ0n) is 11.7. The molecule has 2 N–H and O–H groups in total. The fourth-order valence-corrected chi connectivity index (χ4v) is 2.55. The average molecular weight is 277 g/mol. The van der Waals surface area contributed by atoms with E-state index in [1.807, 2.05) is 6.92 Å². The zero-order chi connectivity index (χ0) is 14.7. The standard InChI is InChI=1S/C14H19N3O3/c1-9-11(5-3-7-13(9)17(19)20)14(18)16-12-6-4-8-15-10(12)2/h3,5,7,10,12,15H,4,6,8H2,1-2H3,(H,16,18). The minimum absolute atomic E-state index is 0.0209. The van der Waals surface area contributed by atoms with Gasteiger partial charge in [0.1, 0.15) is 0 Å². The minimum Gasteiger partial charge on any atom is -0.348 e. The molecular formula is C14H19N3O3. The van der Waals surface area contributed by atoms with Crippen LogP contribution in [0, 0.1) is 17.0 Å². The first kappa shape index (κ1) is 14.5. The molecule has 1 saturated heterocycles. The number of rotatable bonds is 3. The Hall–Kier alpha value is -1.95. The van der Waals surface area contributed by atoms with Crippen molar-refractivity contribution in [3.05, 3.63) is 39.4 Å². The molecule has 6 nitrogen and oxygen atoms in total. The lowest BCUT2D eigenvalue weighted by atomic mass is 9.98. The first-order valence-corrected chi connectivity index (χ1v) is 6.79. The van der Waals surface area contributed by atoms with Crippen LogP contribution in [0.4, 0.5) is 5.69 Å². The van der Waals surface area contributed by atoms with E-state index in [2.05, 4.69) is 10.6 Å². The van der Waals surface area contributed by atoms with E-state index in [4.69, 9.17) is 0 Å². The second kappa shape index (κ2) is 6.00. The highest BCUT2D eigenvalue weighted by Gasteiger charge is 2.24. The van der Waals surface area contributed by atoms with Crippen molar-refractivity contribution in [1.29, 1.82) is 0 Å². The molecule has 20 heavy (non-hydrogen) atoms. The number of nitrogens with zero attached hydrogens (tertiary/aromatic N) is 1. The van der Waals surface area contributed by atoms with Crippen molar-refractivity contribution in [3.8, 4) is 0 Å². The lowest BCUT2D eigenvalue weighted by molar-refractivity contribution is -0.385. The van der Waals surface area contributed by atoms with Gasteiger partial charge in [0.05, 0.1) is 4.92 Å². The Morgan fingerprint density at radius 3 is 2.90 bits per heavy atom. The molecule has 1 aromatic rings. The van der Waals surface area contributed by atoms with Crippen molar-refractivity contribution in [1.82, 2.24) is 10.6 Å². The van der Waals surface area contributed by atoms with E-state index in [1.54, 1.807) is 19.1 Å². The lowest BCUT2D eigenvalue weighted by Crippen LogP contribution is -2.52. The summed E-state index contributed by atoms with van der Waals surface area (Å²) in [6, 6.07) is 4.86. The molecule has 0 aromatic heterocycles. The molecule has 1 heterocycles. The summed E-state index contributed by atoms with van der Waals surface area (Å²) in [7, 11) is 0. The van der Waals surface area contributed by atoms with Crippen LogP contribution in [0.2, 0.25) is 0 Å². The van der Waals surface area contributed by atoms with Crippen molar-refractivity contribution >= 4 is 11.6 Å². The molecule has 6 heteroatoms. The van der Waals surface area contributed by atoms with Crippen LogP contribution in [-0.2, 0) is 0 Å². The van der Waals surface area contributed by atoms with Crippen molar-refractivity contribution in [2.75, 3.05) is 6.54 Å². The van der Waals surface area contributed by atoms with Gasteiger partial charge in [-0.2, -0.15) is 0 Å². The number of carbonyl (C=O) groups excluding carboxylic acids is 1. The third-order valence-corrected chi connectivity index (χ3v) is 3.82. The molecular weight excluding hydrogens is 258 g/mol. The summed E-state index contributed by atoms with van der Waals surface area (Å²) >= 11 is 0. The van der Waals surface area contributed by atoms with Gasteiger partial charge in [0.2, 0.25) is 0 Å². The van der Waals surface area contributed by atoms with Gasteiger partial charge in [0, 0.05) is 29.3 Å². The highest BCUT2D eigenvalue weighted by molar-refractivity contribution is 5.96. The summed E-state index contributed by atoms with van der Waals surface area (Å²) < 4.78 is 0. The smallest absolute Gasteiger partial charge is 0.273 e. The minimum atomic E-state index is -0.461. The fraction of sp³-hybridized carbons (Fsp3) is 0.500. The number of nitrogens with one attached hydrogen (secondary N) is 2. The summed E-state index contributed by atoms with van der Waals surface area (Å²) in [5.74, 6) is -0.244. The van der Waals surface area contributed by atoms with Gasteiger partial charge in [0.25, 0.3) is 11.6 Å². The third-order valence-electron chi connectivity index (χ3n) is 3.82. The van der Waals surface area contributed by atoms with Gasteiger partial charge in [-0.15, -0.1) is 0 Å². The Bertz CT molecular complexity index is 530. The van der Waals surface area contributed by atoms with Crippen LogP contribution in [0.5, 0.6) is 0 Å². The normalized spacial score (nSPS) is 22.3. The molecule has 0 radical (unpaired) electrons. The molecule has 2 atom stereocenters. The zero-order valence-corrected chi connectivity index (χ0v) is 11.7. The molecule has 1 aliphatic heterocycles. The number of benzene rings is 1. The summed E-state index contributed by atoms with van der Waals surface area (Å²) in [5, 5.41) is 17.2. The summed E-state index contributed by atoms with van der Waals surface area (Å²) in [6.07, 6.45) is 1.94. The van der Waals surface area contributed by atoms with Gasteiger partial charge in [-0.3, -0.25) is 14.9 Å². The van der Waals surface area contributed by atoms with Crippen LogP contribution in [0.15, 0.2) is 18.2 Å². The van der Waals surface area contributed by atoms with Gasteiger partial charge in [0.15, 0.2) is 0 Å². The summed E-state index contributed by atoms with van der Waals surface area (Å²) in [6.45, 7) is 4.60. The first-order chi connectivity index (χ1) is 9.50. The Balaban J connectivity index is 2.17. The second-order valence-electron chi connectivity index (χ2n) is 5.17. The second-order valence-corrected chi connectivity index (χ2v) is 5.17. The Morgan fingerprint density at radius 1 is 1.50 bits per heavy atom. The summed E-state index contributed by atoms with van der Waals surface area (Å²) in [4.78, 5) is 22.7. The molecule has 0 spiro atoms. The number of hydrogen-bond donors (Lipinski definition) is 2. The predicted octanol–water partition coefficient (Wildman–Crippen LogP) is 1.77.